The molecule has 1 heterocycles. The molecular weight excluding hydrogens is 326 g/mol. The van der Waals surface area contributed by atoms with Gasteiger partial charge in [-0.05, 0) is 37.4 Å². The molecule has 0 radical (unpaired) electrons. The van der Waals surface area contributed by atoms with Crippen LogP contribution in [0.1, 0.15) is 36.0 Å². The van der Waals surface area contributed by atoms with Crippen molar-refractivity contribution in [2.45, 2.75) is 25.7 Å². The van der Waals surface area contributed by atoms with Gasteiger partial charge in [0.15, 0.2) is 0 Å². The molecule has 0 bridgehead atoms. The quantitative estimate of drug-likeness (QED) is 0.712. The highest BCUT2D eigenvalue weighted by atomic mass is 35.5. The maximum atomic E-state index is 12.7. The van der Waals surface area contributed by atoms with Crippen LogP contribution in [-0.2, 0) is 4.79 Å². The van der Waals surface area contributed by atoms with E-state index in [0.29, 0.717) is 29.6 Å². The van der Waals surface area contributed by atoms with Crippen molar-refractivity contribution >= 4 is 23.4 Å². The summed E-state index contributed by atoms with van der Waals surface area (Å²) in [7, 11) is 0. The second-order valence-corrected chi connectivity index (χ2v) is 7.13. The first-order chi connectivity index (χ1) is 11.6. The van der Waals surface area contributed by atoms with Crippen molar-refractivity contribution in [1.82, 2.24) is 16.0 Å². The van der Waals surface area contributed by atoms with Crippen molar-refractivity contribution in [1.29, 1.82) is 0 Å². The summed E-state index contributed by atoms with van der Waals surface area (Å²) in [5.74, 6) is 0.360. The largest absolute Gasteiger partial charge is 0.354 e. The van der Waals surface area contributed by atoms with Crippen LogP contribution in [0.5, 0.6) is 0 Å². The van der Waals surface area contributed by atoms with E-state index in [1.54, 1.807) is 24.3 Å². The number of halogens is 1. The summed E-state index contributed by atoms with van der Waals surface area (Å²) in [4.78, 5) is 24.8. The van der Waals surface area contributed by atoms with E-state index in [9.17, 15) is 9.59 Å². The summed E-state index contributed by atoms with van der Waals surface area (Å²) in [6.45, 7) is 2.54. The van der Waals surface area contributed by atoms with Gasteiger partial charge in [0, 0.05) is 19.6 Å². The molecule has 24 heavy (non-hydrogen) atoms. The van der Waals surface area contributed by atoms with Gasteiger partial charge in [0.05, 0.1) is 16.0 Å². The van der Waals surface area contributed by atoms with E-state index in [-0.39, 0.29) is 17.2 Å². The van der Waals surface area contributed by atoms with Crippen LogP contribution in [-0.4, -0.2) is 38.0 Å². The molecule has 130 valence electrons. The Morgan fingerprint density at radius 2 is 2.00 bits per heavy atom. The average Bonchev–Trinajstić information content (AvgIpc) is 3.04. The first-order valence-electron chi connectivity index (χ1n) is 8.65. The fourth-order valence-corrected chi connectivity index (χ4v) is 4.18. The molecule has 1 aliphatic carbocycles. The van der Waals surface area contributed by atoms with Gasteiger partial charge in [0.2, 0.25) is 5.91 Å². The van der Waals surface area contributed by atoms with Crippen LogP contribution in [0, 0.1) is 11.3 Å². The van der Waals surface area contributed by atoms with Crippen LogP contribution in [0.25, 0.3) is 0 Å². The average molecular weight is 350 g/mol. The predicted molar refractivity (Wildman–Crippen MR) is 94.1 cm³/mol. The molecule has 0 unspecified atom stereocenters. The monoisotopic (exact) mass is 349 g/mol. The zero-order valence-corrected chi connectivity index (χ0v) is 14.5. The number of hydrogen-bond donors (Lipinski definition) is 3. The molecule has 6 heteroatoms. The van der Waals surface area contributed by atoms with E-state index in [0.717, 1.165) is 32.4 Å². The lowest BCUT2D eigenvalue weighted by Gasteiger charge is -2.37. The van der Waals surface area contributed by atoms with E-state index in [4.69, 9.17) is 11.6 Å². The number of fused-ring (bicyclic) bond motifs is 1. The van der Waals surface area contributed by atoms with Gasteiger partial charge in [-0.15, -0.1) is 0 Å². The molecule has 3 N–H and O–H groups in total. The number of carbonyl (C=O) groups is 2. The summed E-state index contributed by atoms with van der Waals surface area (Å²) in [5.41, 5.74) is 0.210. The number of rotatable bonds is 5. The van der Waals surface area contributed by atoms with Crippen molar-refractivity contribution < 1.29 is 9.59 Å². The van der Waals surface area contributed by atoms with Gasteiger partial charge >= 0.3 is 0 Å². The minimum absolute atomic E-state index is 0.129. The molecule has 1 aromatic carbocycles. The minimum Gasteiger partial charge on any atom is -0.354 e. The molecule has 0 aromatic heterocycles. The summed E-state index contributed by atoms with van der Waals surface area (Å²) in [6, 6.07) is 6.94. The third-order valence-corrected chi connectivity index (χ3v) is 5.63. The zero-order chi connectivity index (χ0) is 17.0. The smallest absolute Gasteiger partial charge is 0.252 e. The number of amides is 2. The molecule has 2 atom stereocenters. The van der Waals surface area contributed by atoms with Crippen LogP contribution in [0.15, 0.2) is 24.3 Å². The predicted octanol–water partition coefficient (Wildman–Crippen LogP) is 1.97. The Morgan fingerprint density at radius 1 is 1.21 bits per heavy atom. The zero-order valence-electron chi connectivity index (χ0n) is 13.7. The number of hydrogen-bond acceptors (Lipinski definition) is 3. The van der Waals surface area contributed by atoms with Crippen molar-refractivity contribution in [3.8, 4) is 0 Å². The fraction of sp³-hybridized carbons (Fsp3) is 0.556. The molecular formula is C18H24ClN3O2. The molecule has 2 fully saturated rings. The van der Waals surface area contributed by atoms with Gasteiger partial charge < -0.3 is 16.0 Å². The van der Waals surface area contributed by atoms with E-state index < -0.39 is 0 Å². The second-order valence-electron chi connectivity index (χ2n) is 6.72. The number of carbonyl (C=O) groups excluding carboxylic acids is 2. The molecule has 3 rings (SSSR count). The van der Waals surface area contributed by atoms with Gasteiger partial charge in [-0.1, -0.05) is 36.6 Å². The molecule has 1 aliphatic heterocycles. The molecule has 1 aromatic rings. The lowest BCUT2D eigenvalue weighted by Crippen LogP contribution is -2.49. The fourth-order valence-electron chi connectivity index (χ4n) is 3.96. The highest BCUT2D eigenvalue weighted by molar-refractivity contribution is 6.33. The van der Waals surface area contributed by atoms with Gasteiger partial charge in [0.1, 0.15) is 0 Å². The third-order valence-electron chi connectivity index (χ3n) is 5.30. The summed E-state index contributed by atoms with van der Waals surface area (Å²) < 4.78 is 0. The Bertz CT molecular complexity index is 622. The minimum atomic E-state index is -0.245. The standard InChI is InChI=1S/C18H24ClN3O2/c19-15-7-2-1-6-14(15)16(23)21-9-10-22-17(24)18-8-4-3-5-13(18)11-20-12-18/h1-2,6-7,13,20H,3-5,8-12H2,(H,21,23)(H,22,24)/t13-,18+/m0/s1. The Morgan fingerprint density at radius 3 is 2.83 bits per heavy atom. The lowest BCUT2D eigenvalue weighted by molar-refractivity contribution is -0.133. The Balaban J connectivity index is 1.47. The maximum absolute atomic E-state index is 12.7. The molecule has 0 spiro atoms. The van der Waals surface area contributed by atoms with E-state index in [1.165, 1.54) is 6.42 Å². The van der Waals surface area contributed by atoms with Crippen molar-refractivity contribution in [3.05, 3.63) is 34.9 Å². The summed E-state index contributed by atoms with van der Waals surface area (Å²) in [6.07, 6.45) is 4.43. The summed E-state index contributed by atoms with van der Waals surface area (Å²) >= 11 is 6.01. The van der Waals surface area contributed by atoms with Crippen LogP contribution in [0.2, 0.25) is 5.02 Å². The second kappa shape index (κ2) is 7.53. The van der Waals surface area contributed by atoms with Crippen LogP contribution < -0.4 is 16.0 Å². The topological polar surface area (TPSA) is 70.2 Å². The van der Waals surface area contributed by atoms with E-state index in [1.807, 2.05) is 0 Å². The number of nitrogens with one attached hydrogen (secondary N) is 3. The van der Waals surface area contributed by atoms with Crippen molar-refractivity contribution in [2.75, 3.05) is 26.2 Å². The number of benzene rings is 1. The van der Waals surface area contributed by atoms with Crippen molar-refractivity contribution in [3.63, 3.8) is 0 Å². The lowest BCUT2D eigenvalue weighted by atomic mass is 9.67. The van der Waals surface area contributed by atoms with Crippen LogP contribution in [0.4, 0.5) is 0 Å². The van der Waals surface area contributed by atoms with Gasteiger partial charge in [0.25, 0.3) is 5.91 Å². The Kier molecular flexibility index (Phi) is 5.41. The highest BCUT2D eigenvalue weighted by Gasteiger charge is 2.49. The molecule has 2 aliphatic rings. The summed E-state index contributed by atoms with van der Waals surface area (Å²) in [5, 5.41) is 9.62. The van der Waals surface area contributed by atoms with Gasteiger partial charge in [-0.2, -0.15) is 0 Å². The van der Waals surface area contributed by atoms with E-state index >= 15 is 0 Å². The SMILES string of the molecule is O=C(NCCNC(=O)[C@@]12CCCC[C@H]1CNC2)c1ccccc1Cl. The Labute approximate surface area is 147 Å². The van der Waals surface area contributed by atoms with Crippen LogP contribution in [0.3, 0.4) is 0 Å². The molecule has 5 nitrogen and oxygen atoms in total. The normalized spacial score (nSPS) is 25.8. The van der Waals surface area contributed by atoms with Crippen LogP contribution >= 0.6 is 11.6 Å². The Hall–Kier alpha value is -1.59. The maximum Gasteiger partial charge on any atom is 0.252 e. The molecule has 1 saturated heterocycles. The van der Waals surface area contributed by atoms with Gasteiger partial charge in [-0.3, -0.25) is 9.59 Å². The van der Waals surface area contributed by atoms with E-state index in [2.05, 4.69) is 16.0 Å². The molecule has 2 amide bonds. The highest BCUT2D eigenvalue weighted by Crippen LogP contribution is 2.43. The van der Waals surface area contributed by atoms with Gasteiger partial charge in [-0.25, -0.2) is 0 Å². The third kappa shape index (κ3) is 3.42. The van der Waals surface area contributed by atoms with Crippen molar-refractivity contribution in [2.24, 2.45) is 11.3 Å². The first kappa shape index (κ1) is 17.2. The first-order valence-corrected chi connectivity index (χ1v) is 9.03. The molecule has 1 saturated carbocycles.